The molecule has 2 N–H and O–H groups in total. The third-order valence-electron chi connectivity index (χ3n) is 2.97. The second-order valence-electron chi connectivity index (χ2n) is 4.35. The molecule has 1 unspecified atom stereocenters. The minimum absolute atomic E-state index is 0.301. The summed E-state index contributed by atoms with van der Waals surface area (Å²) in [4.78, 5) is 22.9. The molecule has 4 heteroatoms. The lowest BCUT2D eigenvalue weighted by molar-refractivity contribution is -0.123. The van der Waals surface area contributed by atoms with Gasteiger partial charge in [0.15, 0.2) is 0 Å². The van der Waals surface area contributed by atoms with Crippen LogP contribution in [0.25, 0.3) is 0 Å². The maximum absolute atomic E-state index is 11.7. The van der Waals surface area contributed by atoms with E-state index in [2.05, 4.69) is 10.6 Å². The normalized spacial score (nSPS) is 24.2. The van der Waals surface area contributed by atoms with Crippen LogP contribution in [0.15, 0.2) is 18.2 Å². The van der Waals surface area contributed by atoms with Crippen molar-refractivity contribution in [3.63, 3.8) is 0 Å². The van der Waals surface area contributed by atoms with Gasteiger partial charge >= 0.3 is 6.03 Å². The topological polar surface area (TPSA) is 58.2 Å². The van der Waals surface area contributed by atoms with E-state index < -0.39 is 11.6 Å². The fourth-order valence-electron chi connectivity index (χ4n) is 2.11. The number of aryl methyl sites for hydroxylation is 2. The summed E-state index contributed by atoms with van der Waals surface area (Å²) in [5.41, 5.74) is 2.02. The van der Waals surface area contributed by atoms with Crippen LogP contribution in [0.5, 0.6) is 0 Å². The van der Waals surface area contributed by atoms with Gasteiger partial charge in [-0.25, -0.2) is 4.79 Å². The van der Waals surface area contributed by atoms with Crippen molar-refractivity contribution < 1.29 is 9.59 Å². The Labute approximate surface area is 94.0 Å². The average Bonchev–Trinajstić information content (AvgIpc) is 2.40. The van der Waals surface area contributed by atoms with Crippen LogP contribution >= 0.6 is 0 Å². The van der Waals surface area contributed by atoms with Crippen LogP contribution in [0.1, 0.15) is 23.6 Å². The van der Waals surface area contributed by atoms with Gasteiger partial charge in [-0.1, -0.05) is 23.8 Å². The third kappa shape index (κ3) is 1.46. The van der Waals surface area contributed by atoms with Crippen molar-refractivity contribution in [2.45, 2.75) is 26.3 Å². The SMILES string of the molecule is Cc1ccc(C2(C)NC(=O)NC2=O)c(C)c1. The molecule has 1 atom stereocenters. The van der Waals surface area contributed by atoms with Crippen molar-refractivity contribution in [2.24, 2.45) is 0 Å². The van der Waals surface area contributed by atoms with Crippen molar-refractivity contribution in [3.05, 3.63) is 34.9 Å². The summed E-state index contributed by atoms with van der Waals surface area (Å²) >= 11 is 0. The fourth-order valence-corrected chi connectivity index (χ4v) is 2.11. The fraction of sp³-hybridized carbons (Fsp3) is 0.333. The van der Waals surface area contributed by atoms with Gasteiger partial charge in [-0.2, -0.15) is 0 Å². The predicted molar refractivity (Wildman–Crippen MR) is 59.9 cm³/mol. The number of hydrogen-bond acceptors (Lipinski definition) is 2. The van der Waals surface area contributed by atoms with Crippen LogP contribution in [-0.4, -0.2) is 11.9 Å². The number of carbonyl (C=O) groups is 2. The number of imide groups is 1. The molecule has 0 aromatic heterocycles. The standard InChI is InChI=1S/C12H14N2O2/c1-7-4-5-9(8(2)6-7)12(3)10(15)13-11(16)14-12/h4-6H,1-3H3,(H2,13,14,15,16). The maximum Gasteiger partial charge on any atom is 0.322 e. The van der Waals surface area contributed by atoms with E-state index in [0.717, 1.165) is 16.7 Å². The van der Waals surface area contributed by atoms with Gasteiger partial charge in [-0.15, -0.1) is 0 Å². The van der Waals surface area contributed by atoms with Crippen molar-refractivity contribution in [1.82, 2.24) is 10.6 Å². The van der Waals surface area contributed by atoms with Gasteiger partial charge < -0.3 is 5.32 Å². The second kappa shape index (κ2) is 3.33. The third-order valence-corrected chi connectivity index (χ3v) is 2.97. The lowest BCUT2D eigenvalue weighted by atomic mass is 9.88. The monoisotopic (exact) mass is 218 g/mol. The summed E-state index contributed by atoms with van der Waals surface area (Å²) in [6.45, 7) is 5.64. The Morgan fingerprint density at radius 3 is 2.38 bits per heavy atom. The van der Waals surface area contributed by atoms with E-state index in [1.54, 1.807) is 6.92 Å². The van der Waals surface area contributed by atoms with Gasteiger partial charge in [-0.3, -0.25) is 10.1 Å². The molecule has 3 amide bonds. The van der Waals surface area contributed by atoms with Crippen LogP contribution < -0.4 is 10.6 Å². The molecule has 1 fully saturated rings. The molecular weight excluding hydrogens is 204 g/mol. The minimum atomic E-state index is -0.950. The Bertz CT molecular complexity index is 482. The smallest absolute Gasteiger partial charge is 0.320 e. The van der Waals surface area contributed by atoms with Gasteiger partial charge in [0.1, 0.15) is 5.54 Å². The summed E-state index contributed by atoms with van der Waals surface area (Å²) < 4.78 is 0. The van der Waals surface area contributed by atoms with Gasteiger partial charge in [0.05, 0.1) is 0 Å². The molecule has 16 heavy (non-hydrogen) atoms. The first-order valence-electron chi connectivity index (χ1n) is 5.15. The van der Waals surface area contributed by atoms with Crippen molar-refractivity contribution in [2.75, 3.05) is 0 Å². The van der Waals surface area contributed by atoms with E-state index in [0.29, 0.717) is 0 Å². The maximum atomic E-state index is 11.7. The van der Waals surface area contributed by atoms with Gasteiger partial charge in [0.25, 0.3) is 5.91 Å². The van der Waals surface area contributed by atoms with Crippen molar-refractivity contribution >= 4 is 11.9 Å². The highest BCUT2D eigenvalue weighted by molar-refractivity contribution is 6.07. The van der Waals surface area contributed by atoms with E-state index >= 15 is 0 Å². The zero-order valence-electron chi connectivity index (χ0n) is 9.55. The summed E-state index contributed by atoms with van der Waals surface area (Å²) in [6.07, 6.45) is 0. The molecule has 1 aliphatic rings. The van der Waals surface area contributed by atoms with E-state index in [4.69, 9.17) is 0 Å². The number of benzene rings is 1. The molecule has 1 heterocycles. The Morgan fingerprint density at radius 2 is 1.88 bits per heavy atom. The molecular formula is C12H14N2O2. The highest BCUT2D eigenvalue weighted by Gasteiger charge is 2.44. The number of carbonyl (C=O) groups excluding carboxylic acids is 2. The Hall–Kier alpha value is -1.84. The summed E-state index contributed by atoms with van der Waals surface area (Å²) in [6, 6.07) is 5.38. The Morgan fingerprint density at radius 1 is 1.19 bits per heavy atom. The largest absolute Gasteiger partial charge is 0.322 e. The lowest BCUT2D eigenvalue weighted by Gasteiger charge is -2.23. The number of urea groups is 1. The number of hydrogen-bond donors (Lipinski definition) is 2. The van der Waals surface area contributed by atoms with E-state index in [9.17, 15) is 9.59 Å². The first-order chi connectivity index (χ1) is 7.43. The molecule has 0 saturated carbocycles. The quantitative estimate of drug-likeness (QED) is 0.699. The molecule has 84 valence electrons. The molecule has 0 aliphatic carbocycles. The van der Waals surface area contributed by atoms with Crippen molar-refractivity contribution in [3.8, 4) is 0 Å². The van der Waals surface area contributed by atoms with Crippen LogP contribution in [-0.2, 0) is 10.3 Å². The first-order valence-corrected chi connectivity index (χ1v) is 5.15. The van der Waals surface area contributed by atoms with Crippen LogP contribution in [0, 0.1) is 13.8 Å². The summed E-state index contributed by atoms with van der Waals surface area (Å²) in [5, 5.41) is 4.92. The second-order valence-corrected chi connectivity index (χ2v) is 4.35. The van der Waals surface area contributed by atoms with E-state index in [-0.39, 0.29) is 5.91 Å². The van der Waals surface area contributed by atoms with E-state index in [1.165, 1.54) is 0 Å². The molecule has 1 aromatic carbocycles. The minimum Gasteiger partial charge on any atom is -0.320 e. The van der Waals surface area contributed by atoms with Crippen LogP contribution in [0.4, 0.5) is 4.79 Å². The summed E-state index contributed by atoms with van der Waals surface area (Å²) in [7, 11) is 0. The molecule has 4 nitrogen and oxygen atoms in total. The van der Waals surface area contributed by atoms with Gasteiger partial charge in [0.2, 0.25) is 0 Å². The Balaban J connectivity index is 2.51. The molecule has 1 aromatic rings. The lowest BCUT2D eigenvalue weighted by Crippen LogP contribution is -2.41. The summed E-state index contributed by atoms with van der Waals surface area (Å²) in [5.74, 6) is -0.301. The van der Waals surface area contributed by atoms with Crippen LogP contribution in [0.3, 0.4) is 0 Å². The average molecular weight is 218 g/mol. The molecule has 0 radical (unpaired) electrons. The van der Waals surface area contributed by atoms with E-state index in [1.807, 2.05) is 32.0 Å². The number of amides is 3. The van der Waals surface area contributed by atoms with Crippen molar-refractivity contribution in [1.29, 1.82) is 0 Å². The predicted octanol–water partition coefficient (Wildman–Crippen LogP) is 1.36. The van der Waals surface area contributed by atoms with Gasteiger partial charge in [-0.05, 0) is 31.9 Å². The first kappa shape index (κ1) is 10.7. The van der Waals surface area contributed by atoms with Gasteiger partial charge in [0, 0.05) is 0 Å². The highest BCUT2D eigenvalue weighted by Crippen LogP contribution is 2.27. The molecule has 1 saturated heterocycles. The highest BCUT2D eigenvalue weighted by atomic mass is 16.2. The molecule has 0 spiro atoms. The van der Waals surface area contributed by atoms with Crippen LogP contribution in [0.2, 0.25) is 0 Å². The number of nitrogens with one attached hydrogen (secondary N) is 2. The molecule has 2 rings (SSSR count). The molecule has 0 bridgehead atoms. The molecule has 1 aliphatic heterocycles. The zero-order chi connectivity index (χ0) is 11.9. The Kier molecular flexibility index (Phi) is 2.22. The zero-order valence-corrected chi connectivity index (χ0v) is 9.55. The number of rotatable bonds is 1.